The molecule has 39 heavy (non-hydrogen) atoms. The molecular weight excluding hydrogens is 484 g/mol. The zero-order valence-electron chi connectivity index (χ0n) is 24.9. The van der Waals surface area contributed by atoms with E-state index >= 15 is 0 Å². The summed E-state index contributed by atoms with van der Waals surface area (Å²) in [5.74, 6) is 0.855. The Hall–Kier alpha value is -3.40. The van der Waals surface area contributed by atoms with E-state index in [2.05, 4.69) is 58.9 Å². The third kappa shape index (κ3) is 7.59. The lowest BCUT2D eigenvalue weighted by molar-refractivity contribution is 0.0734. The smallest absolute Gasteiger partial charge is 0.343 e. The second-order valence-electron chi connectivity index (χ2n) is 12.3. The van der Waals surface area contributed by atoms with Crippen molar-refractivity contribution in [1.29, 1.82) is 0 Å². The molecule has 0 N–H and O–H groups in total. The van der Waals surface area contributed by atoms with Crippen molar-refractivity contribution in [2.45, 2.75) is 92.1 Å². The maximum atomic E-state index is 12.9. The molecule has 3 aromatic rings. The Morgan fingerprint density at radius 2 is 1.18 bits per heavy atom. The minimum Gasteiger partial charge on any atom is -0.488 e. The number of carbonyl (C=O) groups excluding carboxylic acids is 2. The molecule has 4 heteroatoms. The summed E-state index contributed by atoms with van der Waals surface area (Å²) in [6.45, 7) is 16.5. The van der Waals surface area contributed by atoms with Crippen molar-refractivity contribution in [3.63, 3.8) is 0 Å². The zero-order valence-corrected chi connectivity index (χ0v) is 24.9. The number of rotatable bonds is 11. The third-order valence-electron chi connectivity index (χ3n) is 7.23. The SMILES string of the molecule is CCCC(C)(C)Oc1ccc(C(C)(CCC)c2ccc(OC(=O)c3cccc(C(=O)C(C)(C)C)c3)cc2)cc1. The Bertz CT molecular complexity index is 1260. The molecule has 4 nitrogen and oxygen atoms in total. The number of esters is 1. The summed E-state index contributed by atoms with van der Waals surface area (Å²) in [5.41, 5.74) is 2.32. The second kappa shape index (κ2) is 12.2. The number of hydrogen-bond acceptors (Lipinski definition) is 4. The van der Waals surface area contributed by atoms with E-state index in [4.69, 9.17) is 9.47 Å². The normalized spacial score (nSPS) is 13.4. The van der Waals surface area contributed by atoms with Gasteiger partial charge in [-0.15, -0.1) is 0 Å². The van der Waals surface area contributed by atoms with E-state index in [0.29, 0.717) is 16.9 Å². The van der Waals surface area contributed by atoms with Gasteiger partial charge in [-0.05, 0) is 74.2 Å². The van der Waals surface area contributed by atoms with Gasteiger partial charge in [0.2, 0.25) is 0 Å². The summed E-state index contributed by atoms with van der Waals surface area (Å²) in [6, 6.07) is 22.9. The first-order chi connectivity index (χ1) is 18.3. The van der Waals surface area contributed by atoms with E-state index in [1.807, 2.05) is 45.0 Å². The number of Topliss-reactive ketones (excluding diaryl/α,β-unsaturated/α-hetero) is 1. The van der Waals surface area contributed by atoms with Crippen molar-refractivity contribution in [2.24, 2.45) is 5.41 Å². The highest BCUT2D eigenvalue weighted by molar-refractivity contribution is 6.02. The summed E-state index contributed by atoms with van der Waals surface area (Å²) in [5, 5.41) is 0. The van der Waals surface area contributed by atoms with E-state index < -0.39 is 11.4 Å². The lowest BCUT2D eigenvalue weighted by Gasteiger charge is -2.32. The molecule has 0 aromatic heterocycles. The number of ketones is 1. The number of benzene rings is 3. The Morgan fingerprint density at radius 3 is 1.69 bits per heavy atom. The van der Waals surface area contributed by atoms with Gasteiger partial charge in [-0.1, -0.05) is 90.8 Å². The van der Waals surface area contributed by atoms with Crippen molar-refractivity contribution in [3.8, 4) is 11.5 Å². The number of carbonyl (C=O) groups is 2. The van der Waals surface area contributed by atoms with Crippen LogP contribution in [0.1, 0.15) is 113 Å². The first-order valence-electron chi connectivity index (χ1n) is 14.1. The second-order valence-corrected chi connectivity index (χ2v) is 12.3. The molecule has 0 amide bonds. The first kappa shape index (κ1) is 30.1. The van der Waals surface area contributed by atoms with Crippen LogP contribution in [0, 0.1) is 5.41 Å². The molecule has 0 spiro atoms. The van der Waals surface area contributed by atoms with Gasteiger partial charge in [0.1, 0.15) is 17.1 Å². The molecule has 1 unspecified atom stereocenters. The van der Waals surface area contributed by atoms with Crippen LogP contribution in [0.4, 0.5) is 0 Å². The van der Waals surface area contributed by atoms with Gasteiger partial charge in [-0.25, -0.2) is 4.79 Å². The quantitative estimate of drug-likeness (QED) is 0.141. The fourth-order valence-electron chi connectivity index (χ4n) is 5.10. The fraction of sp³-hybridized carbons (Fsp3) is 0.429. The highest BCUT2D eigenvalue weighted by atomic mass is 16.5. The molecule has 0 bridgehead atoms. The number of ether oxygens (including phenoxy) is 2. The summed E-state index contributed by atoms with van der Waals surface area (Å²) >= 11 is 0. The Morgan fingerprint density at radius 1 is 0.667 bits per heavy atom. The lowest BCUT2D eigenvalue weighted by Crippen LogP contribution is -2.28. The molecule has 3 rings (SSSR count). The summed E-state index contributed by atoms with van der Waals surface area (Å²) in [6.07, 6.45) is 4.08. The van der Waals surface area contributed by atoms with E-state index in [9.17, 15) is 9.59 Å². The molecule has 0 fully saturated rings. The van der Waals surface area contributed by atoms with Gasteiger partial charge in [0, 0.05) is 16.4 Å². The minimum absolute atomic E-state index is 0.0130. The van der Waals surface area contributed by atoms with Crippen LogP contribution in [0.15, 0.2) is 72.8 Å². The Labute approximate surface area is 234 Å². The molecule has 1 atom stereocenters. The maximum Gasteiger partial charge on any atom is 0.343 e. The van der Waals surface area contributed by atoms with Crippen LogP contribution in [0.25, 0.3) is 0 Å². The molecular formula is C35H44O4. The highest BCUT2D eigenvalue weighted by Crippen LogP contribution is 2.38. The topological polar surface area (TPSA) is 52.6 Å². The van der Waals surface area contributed by atoms with Crippen molar-refractivity contribution in [1.82, 2.24) is 0 Å². The summed E-state index contributed by atoms with van der Waals surface area (Å²) < 4.78 is 11.9. The van der Waals surface area contributed by atoms with E-state index in [1.165, 1.54) is 5.56 Å². The summed E-state index contributed by atoms with van der Waals surface area (Å²) in [7, 11) is 0. The Balaban J connectivity index is 1.78. The molecule has 0 aliphatic rings. The zero-order chi connectivity index (χ0) is 28.8. The van der Waals surface area contributed by atoms with Crippen LogP contribution in [0.2, 0.25) is 0 Å². The van der Waals surface area contributed by atoms with Gasteiger partial charge in [0.25, 0.3) is 0 Å². The Kier molecular flexibility index (Phi) is 9.43. The predicted molar refractivity (Wildman–Crippen MR) is 159 cm³/mol. The lowest BCUT2D eigenvalue weighted by atomic mass is 9.73. The van der Waals surface area contributed by atoms with E-state index in [1.54, 1.807) is 24.3 Å². The van der Waals surface area contributed by atoms with E-state index in [-0.39, 0.29) is 16.8 Å². The van der Waals surface area contributed by atoms with Crippen molar-refractivity contribution < 1.29 is 19.1 Å². The van der Waals surface area contributed by atoms with Crippen molar-refractivity contribution in [3.05, 3.63) is 95.1 Å². The van der Waals surface area contributed by atoms with Gasteiger partial charge in [-0.3, -0.25) is 4.79 Å². The van der Waals surface area contributed by atoms with Crippen LogP contribution in [-0.4, -0.2) is 17.4 Å². The van der Waals surface area contributed by atoms with Crippen LogP contribution < -0.4 is 9.47 Å². The number of hydrogen-bond donors (Lipinski definition) is 0. The average molecular weight is 529 g/mol. The fourth-order valence-corrected chi connectivity index (χ4v) is 5.10. The molecule has 0 radical (unpaired) electrons. The van der Waals surface area contributed by atoms with Crippen molar-refractivity contribution in [2.75, 3.05) is 0 Å². The highest BCUT2D eigenvalue weighted by Gasteiger charge is 2.29. The van der Waals surface area contributed by atoms with Crippen LogP contribution in [-0.2, 0) is 5.41 Å². The molecule has 3 aromatic carbocycles. The van der Waals surface area contributed by atoms with Gasteiger partial charge >= 0.3 is 5.97 Å². The van der Waals surface area contributed by atoms with Gasteiger partial charge in [0.15, 0.2) is 5.78 Å². The monoisotopic (exact) mass is 528 g/mol. The van der Waals surface area contributed by atoms with Gasteiger partial charge in [-0.2, -0.15) is 0 Å². The predicted octanol–water partition coefficient (Wildman–Crippen LogP) is 9.20. The first-order valence-corrected chi connectivity index (χ1v) is 14.1. The van der Waals surface area contributed by atoms with Gasteiger partial charge in [0.05, 0.1) is 5.56 Å². The van der Waals surface area contributed by atoms with Crippen LogP contribution in [0.3, 0.4) is 0 Å². The van der Waals surface area contributed by atoms with Crippen LogP contribution in [0.5, 0.6) is 11.5 Å². The molecule has 0 aliphatic heterocycles. The third-order valence-corrected chi connectivity index (χ3v) is 7.23. The van der Waals surface area contributed by atoms with Crippen LogP contribution >= 0.6 is 0 Å². The average Bonchev–Trinajstić information content (AvgIpc) is 2.88. The van der Waals surface area contributed by atoms with Gasteiger partial charge < -0.3 is 9.47 Å². The summed E-state index contributed by atoms with van der Waals surface area (Å²) in [4.78, 5) is 25.5. The molecule has 0 saturated heterocycles. The largest absolute Gasteiger partial charge is 0.488 e. The van der Waals surface area contributed by atoms with E-state index in [0.717, 1.165) is 37.0 Å². The molecule has 208 valence electrons. The molecule has 0 heterocycles. The maximum absolute atomic E-state index is 12.9. The molecule has 0 aliphatic carbocycles. The van der Waals surface area contributed by atoms with Crippen molar-refractivity contribution >= 4 is 11.8 Å². The minimum atomic E-state index is -0.525. The standard InChI is InChI=1S/C35H44O4/c1-9-22-34(6,7)39-30-20-16-28(17-21-30)35(8,23-10-2)27-14-18-29(19-15-27)38-32(37)26-13-11-12-25(24-26)31(36)33(3,4)5/h11-21,24H,9-10,22-23H2,1-8H3. The molecule has 0 saturated carbocycles.